The van der Waals surface area contributed by atoms with Gasteiger partial charge in [0.1, 0.15) is 14.2 Å². The Morgan fingerprint density at radius 2 is 2.40 bits per heavy atom. The van der Waals surface area contributed by atoms with Crippen LogP contribution < -0.4 is 0 Å². The molecular weight excluding hydrogens is 215 g/mol. The van der Waals surface area contributed by atoms with Gasteiger partial charge in [-0.05, 0) is 31.8 Å². The number of hydrogen-bond acceptors (Lipinski definition) is 4. The molecule has 0 saturated heterocycles. The highest BCUT2D eigenvalue weighted by atomic mass is 31.1. The summed E-state index contributed by atoms with van der Waals surface area (Å²) >= 11 is 0. The Balaban J connectivity index is 2.61. The van der Waals surface area contributed by atoms with Crippen LogP contribution in [0.1, 0.15) is 39.0 Å². The van der Waals surface area contributed by atoms with Crippen LogP contribution in [0, 0.1) is 0 Å². The molecule has 0 aliphatic heterocycles. The van der Waals surface area contributed by atoms with Crippen molar-refractivity contribution in [1.29, 1.82) is 0 Å². The maximum Gasteiger partial charge on any atom is 0.350 e. The Kier molecular flexibility index (Phi) is 4.55. The van der Waals surface area contributed by atoms with Crippen molar-refractivity contribution in [3.8, 4) is 0 Å². The van der Waals surface area contributed by atoms with Gasteiger partial charge in [0.25, 0.3) is 0 Å². The van der Waals surface area contributed by atoms with Crippen LogP contribution in [0.3, 0.4) is 0 Å². The maximum absolute atomic E-state index is 11.5. The Morgan fingerprint density at radius 1 is 1.67 bits per heavy atom. The van der Waals surface area contributed by atoms with Gasteiger partial charge >= 0.3 is 5.97 Å². The summed E-state index contributed by atoms with van der Waals surface area (Å²) in [6, 6.07) is 0. The van der Waals surface area contributed by atoms with E-state index in [1.807, 2.05) is 6.08 Å². The van der Waals surface area contributed by atoms with E-state index >= 15 is 0 Å². The first kappa shape index (κ1) is 12.5. The van der Waals surface area contributed by atoms with Gasteiger partial charge in [0.2, 0.25) is 5.34 Å². The fourth-order valence-corrected chi connectivity index (χ4v) is 1.71. The number of hydrogen-bond donors (Lipinski definition) is 1. The molecule has 0 saturated carbocycles. The lowest BCUT2D eigenvalue weighted by molar-refractivity contribution is -0.153. The first-order valence-electron chi connectivity index (χ1n) is 5.22. The molecule has 4 nitrogen and oxygen atoms in total. The summed E-state index contributed by atoms with van der Waals surface area (Å²) in [5, 5.41) is 7.87. The van der Waals surface area contributed by atoms with E-state index in [-0.39, 0.29) is 6.42 Å². The number of carbonyl (C=O) groups is 1. The monoisotopic (exact) mass is 232 g/mol. The second-order valence-corrected chi connectivity index (χ2v) is 4.89. The molecule has 1 rings (SSSR count). The molecule has 0 aromatic rings. The van der Waals surface area contributed by atoms with Crippen LogP contribution in [0.2, 0.25) is 0 Å². The summed E-state index contributed by atoms with van der Waals surface area (Å²) < 4.78 is 15.8. The molecule has 0 radical (unpaired) electrons. The minimum absolute atomic E-state index is 0.123. The topological polar surface area (TPSA) is 63.6 Å². The van der Waals surface area contributed by atoms with Crippen LogP contribution in [-0.4, -0.2) is 16.4 Å². The second-order valence-electron chi connectivity index (χ2n) is 3.70. The molecule has 0 heterocycles. The van der Waals surface area contributed by atoms with E-state index in [1.165, 1.54) is 0 Å². The van der Waals surface area contributed by atoms with E-state index in [4.69, 9.17) is 4.74 Å². The van der Waals surface area contributed by atoms with Crippen LogP contribution in [-0.2, 0) is 14.1 Å². The smallest absolute Gasteiger partial charge is 0.350 e. The van der Waals surface area contributed by atoms with Gasteiger partial charge < -0.3 is 14.4 Å². The van der Waals surface area contributed by atoms with Gasteiger partial charge in [0, 0.05) is 6.42 Å². The molecule has 0 bridgehead atoms. The number of aliphatic hydroxyl groups is 1. The highest BCUT2D eigenvalue weighted by Crippen LogP contribution is 2.28. The van der Waals surface area contributed by atoms with Crippen molar-refractivity contribution >= 4 is 14.4 Å². The normalized spacial score (nSPS) is 21.1. The highest BCUT2D eigenvalue weighted by Gasteiger charge is 2.35. The predicted octanol–water partition coefficient (Wildman–Crippen LogP) is 1.84. The lowest BCUT2D eigenvalue weighted by atomic mass is 10.1. The summed E-state index contributed by atoms with van der Waals surface area (Å²) in [5.41, 5.74) is 0. The van der Waals surface area contributed by atoms with Crippen LogP contribution in [0.4, 0.5) is 0 Å². The number of allylic oxidation sites excluding steroid dienone is 2. The molecule has 0 aromatic carbocycles. The van der Waals surface area contributed by atoms with Crippen LogP contribution in [0.5, 0.6) is 0 Å². The molecule has 1 aliphatic carbocycles. The van der Waals surface area contributed by atoms with Crippen molar-refractivity contribution < 1.29 is 19.2 Å². The maximum atomic E-state index is 11.5. The number of ether oxygens (including phenoxy) is 1. The zero-order chi connectivity index (χ0) is 11.3. The van der Waals surface area contributed by atoms with E-state index < -0.39 is 19.8 Å². The van der Waals surface area contributed by atoms with E-state index in [2.05, 4.69) is 0 Å². The van der Waals surface area contributed by atoms with Crippen molar-refractivity contribution in [2.24, 2.45) is 0 Å². The Morgan fingerprint density at radius 3 is 2.87 bits per heavy atom. The number of rotatable bonds is 4. The molecule has 1 N–H and O–H groups in total. The first-order chi connectivity index (χ1) is 7.12. The standard InChI is InChI=1S/C10H17O4P/c1-2-10(12,15-13)9(11)14-8-6-4-3-5-7-8/h6,12H,2-5,7,15H2,1H3. The molecule has 2 atom stereocenters. The minimum Gasteiger partial charge on any atom is -0.429 e. The van der Waals surface area contributed by atoms with Crippen LogP contribution in [0.25, 0.3) is 0 Å². The predicted molar refractivity (Wildman–Crippen MR) is 58.3 cm³/mol. The molecule has 0 spiro atoms. The lowest BCUT2D eigenvalue weighted by Crippen LogP contribution is -2.33. The summed E-state index contributed by atoms with van der Waals surface area (Å²) in [6.07, 6.45) is 5.70. The van der Waals surface area contributed by atoms with E-state index in [1.54, 1.807) is 6.92 Å². The van der Waals surface area contributed by atoms with Gasteiger partial charge in [-0.25, -0.2) is 4.79 Å². The molecule has 0 amide bonds. The third-order valence-corrected chi connectivity index (χ3v) is 3.59. The van der Waals surface area contributed by atoms with Crippen molar-refractivity contribution in [1.82, 2.24) is 0 Å². The largest absolute Gasteiger partial charge is 0.429 e. The van der Waals surface area contributed by atoms with Crippen molar-refractivity contribution in [3.05, 3.63) is 11.8 Å². The third-order valence-electron chi connectivity index (χ3n) is 2.56. The summed E-state index contributed by atoms with van der Waals surface area (Å²) in [7, 11) is -1.58. The summed E-state index contributed by atoms with van der Waals surface area (Å²) in [4.78, 5) is 11.5. The molecule has 0 fully saturated rings. The SMILES string of the molecule is CCC(O)([PH2]=O)C(=O)OC1=CCCCC1. The molecule has 2 unspecified atom stereocenters. The Hall–Kier alpha value is -0.600. The van der Waals surface area contributed by atoms with E-state index in [0.717, 1.165) is 25.7 Å². The van der Waals surface area contributed by atoms with Crippen LogP contribution >= 0.6 is 8.46 Å². The molecule has 1 aliphatic rings. The van der Waals surface area contributed by atoms with Gasteiger partial charge in [-0.3, -0.25) is 0 Å². The first-order valence-corrected chi connectivity index (χ1v) is 6.27. The molecular formula is C10H17O4P. The van der Waals surface area contributed by atoms with Gasteiger partial charge in [-0.1, -0.05) is 6.92 Å². The van der Waals surface area contributed by atoms with Crippen molar-refractivity contribution in [2.75, 3.05) is 0 Å². The number of carbonyl (C=O) groups excluding carboxylic acids is 1. The molecule has 5 heteroatoms. The Labute approximate surface area is 90.5 Å². The summed E-state index contributed by atoms with van der Waals surface area (Å²) in [5.74, 6) is -0.172. The van der Waals surface area contributed by atoms with Gasteiger partial charge in [-0.2, -0.15) is 0 Å². The molecule has 15 heavy (non-hydrogen) atoms. The summed E-state index contributed by atoms with van der Waals surface area (Å²) in [6.45, 7) is 1.61. The fraction of sp³-hybridized carbons (Fsp3) is 0.700. The Bertz CT molecular complexity index is 287. The zero-order valence-corrected chi connectivity index (χ0v) is 10.0. The van der Waals surface area contributed by atoms with Crippen molar-refractivity contribution in [2.45, 2.75) is 44.4 Å². The molecule has 86 valence electrons. The number of esters is 1. The van der Waals surface area contributed by atoms with Gasteiger partial charge in [0.15, 0.2) is 0 Å². The van der Waals surface area contributed by atoms with Gasteiger partial charge in [0.05, 0.1) is 0 Å². The minimum atomic E-state index is -1.78. The third kappa shape index (κ3) is 3.18. The average Bonchev–Trinajstić information content (AvgIpc) is 2.29. The van der Waals surface area contributed by atoms with Gasteiger partial charge in [-0.15, -0.1) is 0 Å². The van der Waals surface area contributed by atoms with Crippen LogP contribution in [0.15, 0.2) is 11.8 Å². The zero-order valence-electron chi connectivity index (χ0n) is 8.86. The molecule has 0 aromatic heterocycles. The highest BCUT2D eigenvalue weighted by molar-refractivity contribution is 7.27. The van der Waals surface area contributed by atoms with E-state index in [0.29, 0.717) is 5.76 Å². The average molecular weight is 232 g/mol. The van der Waals surface area contributed by atoms with E-state index in [9.17, 15) is 14.5 Å². The fourth-order valence-electron chi connectivity index (χ4n) is 1.38. The second kappa shape index (κ2) is 5.47. The lowest BCUT2D eigenvalue weighted by Gasteiger charge is -2.20. The quantitative estimate of drug-likeness (QED) is 0.593. The van der Waals surface area contributed by atoms with Crippen molar-refractivity contribution in [3.63, 3.8) is 0 Å².